The van der Waals surface area contributed by atoms with Crippen molar-refractivity contribution < 1.29 is 0 Å². The lowest BCUT2D eigenvalue weighted by Gasteiger charge is -2.04. The van der Waals surface area contributed by atoms with Crippen LogP contribution in [0.25, 0.3) is 10.8 Å². The minimum absolute atomic E-state index is 0.362. The van der Waals surface area contributed by atoms with E-state index in [2.05, 4.69) is 0 Å². The summed E-state index contributed by atoms with van der Waals surface area (Å²) in [6.45, 7) is 2.02. The summed E-state index contributed by atoms with van der Waals surface area (Å²) in [7, 11) is 0. The molecule has 0 unspecified atom stereocenters. The summed E-state index contributed by atoms with van der Waals surface area (Å²) < 4.78 is 1.49. The van der Waals surface area contributed by atoms with Crippen LogP contribution in [0.2, 0.25) is 0 Å². The van der Waals surface area contributed by atoms with E-state index >= 15 is 0 Å². The maximum Gasteiger partial charge on any atom is 0.138 e. The van der Waals surface area contributed by atoms with Crippen molar-refractivity contribution in [2.45, 2.75) is 6.92 Å². The summed E-state index contributed by atoms with van der Waals surface area (Å²) in [6.07, 6.45) is 2.88. The molecule has 14 heavy (non-hydrogen) atoms. The van der Waals surface area contributed by atoms with Crippen LogP contribution in [0.3, 0.4) is 0 Å². The van der Waals surface area contributed by atoms with Gasteiger partial charge in [0.25, 0.3) is 0 Å². The van der Waals surface area contributed by atoms with Crippen LogP contribution in [-0.4, -0.2) is 10.9 Å². The predicted molar refractivity (Wildman–Crippen MR) is 56.7 cm³/mol. The smallest absolute Gasteiger partial charge is 0.138 e. The minimum Gasteiger partial charge on any atom is -0.293 e. The van der Waals surface area contributed by atoms with Gasteiger partial charge in [0.05, 0.1) is 6.34 Å². The first-order valence-corrected chi connectivity index (χ1v) is 4.39. The number of nitrogens with zero attached hydrogens (tertiary/aromatic N) is 1. The maximum absolute atomic E-state index is 7.85. The normalized spacial score (nSPS) is 10.4. The predicted octanol–water partition coefficient (Wildman–Crippen LogP) is 1.88. The molecule has 1 aromatic heterocycles. The highest BCUT2D eigenvalue weighted by Gasteiger charge is 1.99. The Balaban J connectivity index is 2.98. The van der Waals surface area contributed by atoms with E-state index in [0.29, 0.717) is 5.49 Å². The molecule has 1 heterocycles. The van der Waals surface area contributed by atoms with Crippen molar-refractivity contribution in [3.8, 4) is 0 Å². The van der Waals surface area contributed by atoms with Gasteiger partial charge in [-0.3, -0.25) is 15.4 Å². The van der Waals surface area contributed by atoms with E-state index in [1.54, 1.807) is 6.20 Å². The van der Waals surface area contributed by atoms with Gasteiger partial charge in [0.2, 0.25) is 0 Å². The number of pyridine rings is 1. The standard InChI is InChI=1S/C11H11N3/c1-8-3-2-4-10-9(8)5-6-14(7-12)11(10)13/h2-7,12-13H,1H3. The van der Waals surface area contributed by atoms with Crippen LogP contribution in [0.4, 0.5) is 0 Å². The fourth-order valence-corrected chi connectivity index (χ4v) is 1.58. The Morgan fingerprint density at radius 2 is 2.00 bits per heavy atom. The first kappa shape index (κ1) is 8.69. The maximum atomic E-state index is 7.85. The number of benzene rings is 1. The van der Waals surface area contributed by atoms with Gasteiger partial charge in [0.1, 0.15) is 5.49 Å². The summed E-state index contributed by atoms with van der Waals surface area (Å²) in [5.74, 6) is 0. The zero-order valence-electron chi connectivity index (χ0n) is 7.91. The van der Waals surface area contributed by atoms with E-state index in [0.717, 1.165) is 22.7 Å². The lowest BCUT2D eigenvalue weighted by Crippen LogP contribution is -2.18. The third-order valence-corrected chi connectivity index (χ3v) is 2.38. The number of hydrogen-bond acceptors (Lipinski definition) is 2. The molecule has 0 amide bonds. The average molecular weight is 185 g/mol. The van der Waals surface area contributed by atoms with Crippen molar-refractivity contribution in [1.82, 2.24) is 4.57 Å². The molecule has 2 rings (SSSR count). The Labute approximate surface area is 81.6 Å². The summed E-state index contributed by atoms with van der Waals surface area (Å²) in [4.78, 5) is 0. The van der Waals surface area contributed by atoms with E-state index in [9.17, 15) is 0 Å². The van der Waals surface area contributed by atoms with Crippen LogP contribution in [0, 0.1) is 17.7 Å². The highest BCUT2D eigenvalue weighted by atomic mass is 15.0. The quantitative estimate of drug-likeness (QED) is 0.503. The van der Waals surface area contributed by atoms with Crippen LogP contribution in [-0.2, 0) is 0 Å². The SMILES string of the molecule is Cc1cccc2c(=N)n(C=N)ccc12. The van der Waals surface area contributed by atoms with Gasteiger partial charge >= 0.3 is 0 Å². The third-order valence-electron chi connectivity index (χ3n) is 2.38. The molecule has 3 nitrogen and oxygen atoms in total. The van der Waals surface area contributed by atoms with Crippen molar-refractivity contribution in [2.24, 2.45) is 0 Å². The number of aryl methyl sites for hydroxylation is 1. The molecule has 2 N–H and O–H groups in total. The number of fused-ring (bicyclic) bond motifs is 1. The zero-order valence-corrected chi connectivity index (χ0v) is 7.91. The zero-order chi connectivity index (χ0) is 10.1. The van der Waals surface area contributed by atoms with Gasteiger partial charge in [0.15, 0.2) is 0 Å². The second-order valence-electron chi connectivity index (χ2n) is 3.24. The van der Waals surface area contributed by atoms with Crippen molar-refractivity contribution in [2.75, 3.05) is 0 Å². The second-order valence-corrected chi connectivity index (χ2v) is 3.24. The number of aromatic nitrogens is 1. The van der Waals surface area contributed by atoms with Crippen molar-refractivity contribution >= 4 is 17.1 Å². The Morgan fingerprint density at radius 1 is 1.21 bits per heavy atom. The molecule has 0 saturated heterocycles. The number of rotatable bonds is 1. The first-order valence-electron chi connectivity index (χ1n) is 4.39. The van der Waals surface area contributed by atoms with E-state index in [4.69, 9.17) is 10.8 Å². The minimum atomic E-state index is 0.362. The van der Waals surface area contributed by atoms with E-state index in [-0.39, 0.29) is 0 Å². The van der Waals surface area contributed by atoms with Gasteiger partial charge in [0, 0.05) is 11.6 Å². The number of hydrogen-bond donors (Lipinski definition) is 2. The van der Waals surface area contributed by atoms with Gasteiger partial charge in [-0.1, -0.05) is 18.2 Å². The molecular formula is C11H11N3. The van der Waals surface area contributed by atoms with Gasteiger partial charge < -0.3 is 0 Å². The fourth-order valence-electron chi connectivity index (χ4n) is 1.58. The van der Waals surface area contributed by atoms with Crippen LogP contribution in [0.15, 0.2) is 30.5 Å². The number of nitrogens with one attached hydrogen (secondary N) is 2. The summed E-state index contributed by atoms with van der Waals surface area (Å²) in [5.41, 5.74) is 1.52. The highest BCUT2D eigenvalue weighted by molar-refractivity contribution is 5.85. The summed E-state index contributed by atoms with van der Waals surface area (Å²) in [5, 5.41) is 16.9. The van der Waals surface area contributed by atoms with Gasteiger partial charge in [-0.25, -0.2) is 0 Å². The van der Waals surface area contributed by atoms with E-state index in [1.807, 2.05) is 31.2 Å². The van der Waals surface area contributed by atoms with Crippen LogP contribution >= 0.6 is 0 Å². The fraction of sp³-hybridized carbons (Fsp3) is 0.0909. The molecule has 0 saturated carbocycles. The Kier molecular flexibility index (Phi) is 1.93. The van der Waals surface area contributed by atoms with E-state index < -0.39 is 0 Å². The molecule has 0 aliphatic carbocycles. The monoisotopic (exact) mass is 185 g/mol. The average Bonchev–Trinajstić information content (AvgIpc) is 2.20. The highest BCUT2D eigenvalue weighted by Crippen LogP contribution is 2.13. The lowest BCUT2D eigenvalue weighted by molar-refractivity contribution is 1.01. The van der Waals surface area contributed by atoms with Crippen molar-refractivity contribution in [3.05, 3.63) is 41.5 Å². The Hall–Kier alpha value is -1.90. The molecule has 0 aliphatic heterocycles. The molecule has 0 spiro atoms. The first-order chi connectivity index (χ1) is 6.74. The Bertz CT molecular complexity index is 552. The lowest BCUT2D eigenvalue weighted by atomic mass is 10.1. The van der Waals surface area contributed by atoms with Crippen LogP contribution < -0.4 is 5.49 Å². The van der Waals surface area contributed by atoms with Crippen molar-refractivity contribution in [3.63, 3.8) is 0 Å². The molecule has 70 valence electrons. The van der Waals surface area contributed by atoms with Crippen LogP contribution in [0.1, 0.15) is 5.56 Å². The molecule has 0 radical (unpaired) electrons. The topological polar surface area (TPSA) is 52.6 Å². The molecular weight excluding hydrogens is 174 g/mol. The van der Waals surface area contributed by atoms with Crippen molar-refractivity contribution in [1.29, 1.82) is 10.8 Å². The molecule has 0 bridgehead atoms. The molecule has 3 heteroatoms. The van der Waals surface area contributed by atoms with E-state index in [1.165, 1.54) is 4.57 Å². The molecule has 1 aromatic carbocycles. The summed E-state index contributed by atoms with van der Waals surface area (Å²) >= 11 is 0. The van der Waals surface area contributed by atoms with Gasteiger partial charge in [-0.15, -0.1) is 0 Å². The van der Waals surface area contributed by atoms with Gasteiger partial charge in [-0.2, -0.15) is 0 Å². The molecule has 0 fully saturated rings. The third kappa shape index (κ3) is 1.14. The molecule has 0 aliphatic rings. The second kappa shape index (κ2) is 3.10. The summed E-state index contributed by atoms with van der Waals surface area (Å²) in [6, 6.07) is 7.80. The Morgan fingerprint density at radius 3 is 2.71 bits per heavy atom. The largest absolute Gasteiger partial charge is 0.293 e. The van der Waals surface area contributed by atoms with Crippen LogP contribution in [0.5, 0.6) is 0 Å². The molecule has 0 atom stereocenters. The van der Waals surface area contributed by atoms with Gasteiger partial charge in [-0.05, 0) is 23.9 Å². The molecule has 2 aromatic rings.